The molecule has 1 aromatic carbocycles. The van der Waals surface area contributed by atoms with Gasteiger partial charge in [0.15, 0.2) is 6.61 Å². The standard InChI is InChI=1S/C16H21NO5/c1-10-6-12(4-5-14(10)21-3)22-9-15(18)17-7-11(2)13(8-17)16(19)20/h4-6,11,13H,7-9H2,1-3H3,(H,19,20)/t11-,13-/m1/s1. The summed E-state index contributed by atoms with van der Waals surface area (Å²) in [5, 5.41) is 9.09. The van der Waals surface area contributed by atoms with Crippen molar-refractivity contribution in [1.82, 2.24) is 4.90 Å². The van der Waals surface area contributed by atoms with Crippen molar-refractivity contribution in [3.63, 3.8) is 0 Å². The van der Waals surface area contributed by atoms with Crippen LogP contribution in [-0.2, 0) is 9.59 Å². The van der Waals surface area contributed by atoms with Crippen LogP contribution in [0, 0.1) is 18.8 Å². The SMILES string of the molecule is COc1ccc(OCC(=O)N2C[C@@H](C)[C@H](C(=O)O)C2)cc1C. The van der Waals surface area contributed by atoms with Crippen LogP contribution in [0.4, 0.5) is 0 Å². The van der Waals surface area contributed by atoms with Gasteiger partial charge in [0, 0.05) is 13.1 Å². The average molecular weight is 307 g/mol. The first-order valence-corrected chi connectivity index (χ1v) is 7.20. The number of hydrogen-bond acceptors (Lipinski definition) is 4. The number of aryl methyl sites for hydroxylation is 1. The molecule has 1 fully saturated rings. The van der Waals surface area contributed by atoms with Crippen molar-refractivity contribution in [2.45, 2.75) is 13.8 Å². The summed E-state index contributed by atoms with van der Waals surface area (Å²) in [6.45, 7) is 4.36. The molecule has 0 saturated carbocycles. The first-order valence-electron chi connectivity index (χ1n) is 7.20. The lowest BCUT2D eigenvalue weighted by Crippen LogP contribution is -2.33. The van der Waals surface area contributed by atoms with Crippen LogP contribution in [-0.4, -0.2) is 48.7 Å². The van der Waals surface area contributed by atoms with Crippen LogP contribution < -0.4 is 9.47 Å². The number of carboxylic acid groups (broad SMARTS) is 1. The Hall–Kier alpha value is -2.24. The highest BCUT2D eigenvalue weighted by Gasteiger charge is 2.36. The molecule has 0 unspecified atom stereocenters. The number of nitrogens with zero attached hydrogens (tertiary/aromatic N) is 1. The van der Waals surface area contributed by atoms with E-state index in [4.69, 9.17) is 14.6 Å². The van der Waals surface area contributed by atoms with Gasteiger partial charge in [-0.2, -0.15) is 0 Å². The molecule has 1 aliphatic rings. The van der Waals surface area contributed by atoms with Gasteiger partial charge in [-0.05, 0) is 36.6 Å². The van der Waals surface area contributed by atoms with E-state index in [0.29, 0.717) is 12.3 Å². The first kappa shape index (κ1) is 16.1. The first-order chi connectivity index (χ1) is 10.4. The maximum atomic E-state index is 12.1. The molecule has 2 rings (SSSR count). The van der Waals surface area contributed by atoms with Crippen LogP contribution in [0.25, 0.3) is 0 Å². The second-order valence-electron chi connectivity index (χ2n) is 5.64. The predicted octanol–water partition coefficient (Wildman–Crippen LogP) is 1.56. The predicted molar refractivity (Wildman–Crippen MR) is 80.1 cm³/mol. The molecule has 22 heavy (non-hydrogen) atoms. The molecule has 0 aromatic heterocycles. The van der Waals surface area contributed by atoms with Crippen LogP contribution in [0.5, 0.6) is 11.5 Å². The molecular weight excluding hydrogens is 286 g/mol. The quantitative estimate of drug-likeness (QED) is 0.893. The zero-order chi connectivity index (χ0) is 16.3. The summed E-state index contributed by atoms with van der Waals surface area (Å²) in [6.07, 6.45) is 0. The zero-order valence-corrected chi connectivity index (χ0v) is 13.0. The maximum absolute atomic E-state index is 12.1. The van der Waals surface area contributed by atoms with Gasteiger partial charge in [0.1, 0.15) is 11.5 Å². The fourth-order valence-electron chi connectivity index (χ4n) is 2.67. The number of carboxylic acids is 1. The number of carbonyl (C=O) groups excluding carboxylic acids is 1. The van der Waals surface area contributed by atoms with E-state index in [1.807, 2.05) is 13.8 Å². The molecule has 1 aromatic rings. The summed E-state index contributed by atoms with van der Waals surface area (Å²) in [6, 6.07) is 5.33. The van der Waals surface area contributed by atoms with E-state index in [1.54, 1.807) is 30.2 Å². The molecule has 1 heterocycles. The monoisotopic (exact) mass is 307 g/mol. The fraction of sp³-hybridized carbons (Fsp3) is 0.500. The summed E-state index contributed by atoms with van der Waals surface area (Å²) in [7, 11) is 1.60. The molecule has 2 atom stereocenters. The highest BCUT2D eigenvalue weighted by atomic mass is 16.5. The second kappa shape index (κ2) is 6.68. The van der Waals surface area contributed by atoms with E-state index >= 15 is 0 Å². The van der Waals surface area contributed by atoms with Crippen molar-refractivity contribution in [2.75, 3.05) is 26.8 Å². The lowest BCUT2D eigenvalue weighted by atomic mass is 9.99. The van der Waals surface area contributed by atoms with Gasteiger partial charge in [0.25, 0.3) is 5.91 Å². The molecule has 6 nitrogen and oxygen atoms in total. The Morgan fingerprint density at radius 1 is 1.36 bits per heavy atom. The smallest absolute Gasteiger partial charge is 0.308 e. The third-order valence-corrected chi connectivity index (χ3v) is 4.01. The average Bonchev–Trinajstić information content (AvgIpc) is 2.87. The maximum Gasteiger partial charge on any atom is 0.308 e. The number of rotatable bonds is 5. The molecule has 120 valence electrons. The van der Waals surface area contributed by atoms with E-state index in [1.165, 1.54) is 0 Å². The molecule has 0 bridgehead atoms. The Morgan fingerprint density at radius 3 is 2.64 bits per heavy atom. The third-order valence-electron chi connectivity index (χ3n) is 4.01. The van der Waals surface area contributed by atoms with Crippen LogP contribution in [0.3, 0.4) is 0 Å². The molecule has 1 saturated heterocycles. The molecule has 0 spiro atoms. The number of amides is 1. The number of aliphatic carboxylic acids is 1. The van der Waals surface area contributed by atoms with Crippen molar-refractivity contribution in [2.24, 2.45) is 11.8 Å². The van der Waals surface area contributed by atoms with Crippen LogP contribution in [0.1, 0.15) is 12.5 Å². The van der Waals surface area contributed by atoms with Crippen molar-refractivity contribution in [1.29, 1.82) is 0 Å². The van der Waals surface area contributed by atoms with E-state index in [-0.39, 0.29) is 25.0 Å². The van der Waals surface area contributed by atoms with Gasteiger partial charge in [-0.3, -0.25) is 9.59 Å². The molecule has 1 amide bonds. The van der Waals surface area contributed by atoms with Crippen molar-refractivity contribution in [3.05, 3.63) is 23.8 Å². The van der Waals surface area contributed by atoms with Gasteiger partial charge >= 0.3 is 5.97 Å². The minimum absolute atomic E-state index is 0.0373. The number of benzene rings is 1. The van der Waals surface area contributed by atoms with Gasteiger partial charge in [-0.1, -0.05) is 6.92 Å². The Kier molecular flexibility index (Phi) is 4.90. The fourth-order valence-corrected chi connectivity index (χ4v) is 2.67. The Balaban J connectivity index is 1.91. The second-order valence-corrected chi connectivity index (χ2v) is 5.64. The number of ether oxygens (including phenoxy) is 2. The third kappa shape index (κ3) is 3.50. The summed E-state index contributed by atoms with van der Waals surface area (Å²) in [5.74, 6) is -0.222. The number of carbonyl (C=O) groups is 2. The lowest BCUT2D eigenvalue weighted by molar-refractivity contribution is -0.142. The lowest BCUT2D eigenvalue weighted by Gasteiger charge is -2.16. The number of hydrogen-bond donors (Lipinski definition) is 1. The largest absolute Gasteiger partial charge is 0.496 e. The Labute approximate surface area is 129 Å². The van der Waals surface area contributed by atoms with E-state index in [0.717, 1.165) is 11.3 Å². The minimum Gasteiger partial charge on any atom is -0.496 e. The van der Waals surface area contributed by atoms with E-state index in [2.05, 4.69) is 0 Å². The molecule has 1 N–H and O–H groups in total. The number of methoxy groups -OCH3 is 1. The van der Waals surface area contributed by atoms with Crippen LogP contribution in [0.2, 0.25) is 0 Å². The van der Waals surface area contributed by atoms with Gasteiger partial charge in [-0.25, -0.2) is 0 Å². The van der Waals surface area contributed by atoms with Crippen molar-refractivity contribution < 1.29 is 24.2 Å². The molecule has 1 aliphatic heterocycles. The molecule has 6 heteroatoms. The summed E-state index contributed by atoms with van der Waals surface area (Å²) in [5.41, 5.74) is 0.924. The molecule has 0 radical (unpaired) electrons. The zero-order valence-electron chi connectivity index (χ0n) is 13.0. The summed E-state index contributed by atoms with van der Waals surface area (Å²) < 4.78 is 10.7. The van der Waals surface area contributed by atoms with Crippen molar-refractivity contribution >= 4 is 11.9 Å². The van der Waals surface area contributed by atoms with Gasteiger partial charge < -0.3 is 19.5 Å². The molecular formula is C16H21NO5. The Bertz CT molecular complexity index is 572. The van der Waals surface area contributed by atoms with E-state index in [9.17, 15) is 9.59 Å². The van der Waals surface area contributed by atoms with Gasteiger partial charge in [0.2, 0.25) is 0 Å². The minimum atomic E-state index is -0.852. The van der Waals surface area contributed by atoms with Gasteiger partial charge in [0.05, 0.1) is 13.0 Å². The molecule has 0 aliphatic carbocycles. The topological polar surface area (TPSA) is 76.1 Å². The number of likely N-dealkylation sites (tertiary alicyclic amines) is 1. The van der Waals surface area contributed by atoms with Crippen LogP contribution in [0.15, 0.2) is 18.2 Å². The van der Waals surface area contributed by atoms with Crippen molar-refractivity contribution in [3.8, 4) is 11.5 Å². The van der Waals surface area contributed by atoms with E-state index < -0.39 is 11.9 Å². The summed E-state index contributed by atoms with van der Waals surface area (Å²) >= 11 is 0. The Morgan fingerprint density at radius 2 is 2.09 bits per heavy atom. The van der Waals surface area contributed by atoms with Crippen LogP contribution >= 0.6 is 0 Å². The van der Waals surface area contributed by atoms with Gasteiger partial charge in [-0.15, -0.1) is 0 Å². The highest BCUT2D eigenvalue weighted by molar-refractivity contribution is 5.80. The normalized spacial score (nSPS) is 20.8. The summed E-state index contributed by atoms with van der Waals surface area (Å²) in [4.78, 5) is 24.8. The highest BCUT2D eigenvalue weighted by Crippen LogP contribution is 2.25.